The molecule has 0 aliphatic heterocycles. The second-order valence-electron chi connectivity index (χ2n) is 6.69. The van der Waals surface area contributed by atoms with Crippen molar-refractivity contribution in [3.05, 3.63) is 60.2 Å². The van der Waals surface area contributed by atoms with E-state index in [4.69, 9.17) is 4.74 Å². The van der Waals surface area contributed by atoms with Gasteiger partial charge in [-0.15, -0.1) is 0 Å². The van der Waals surface area contributed by atoms with Gasteiger partial charge in [-0.3, -0.25) is 4.79 Å². The maximum atomic E-state index is 12.3. The summed E-state index contributed by atoms with van der Waals surface area (Å²) in [5, 5.41) is 3.01. The first-order valence-electron chi connectivity index (χ1n) is 8.53. The van der Waals surface area contributed by atoms with Crippen molar-refractivity contribution in [2.45, 2.75) is 31.2 Å². The maximum absolute atomic E-state index is 12.3. The van der Waals surface area contributed by atoms with Crippen molar-refractivity contribution < 1.29 is 17.9 Å². The van der Waals surface area contributed by atoms with Gasteiger partial charge >= 0.3 is 0 Å². The van der Waals surface area contributed by atoms with Crippen LogP contribution in [-0.2, 0) is 14.6 Å². The Kier molecular flexibility index (Phi) is 6.80. The summed E-state index contributed by atoms with van der Waals surface area (Å²) in [4.78, 5) is 12.5. The first-order chi connectivity index (χ1) is 12.3. The predicted molar refractivity (Wildman–Crippen MR) is 102 cm³/mol. The van der Waals surface area contributed by atoms with Crippen molar-refractivity contribution in [2.75, 3.05) is 12.9 Å². The van der Waals surface area contributed by atoms with Gasteiger partial charge in [0.15, 0.2) is 16.4 Å². The summed E-state index contributed by atoms with van der Waals surface area (Å²) >= 11 is 0. The number of hydrogen-bond acceptors (Lipinski definition) is 4. The Bertz CT molecular complexity index is 815. The predicted octanol–water partition coefficient (Wildman–Crippen LogP) is 3.37. The minimum Gasteiger partial charge on any atom is -0.484 e. The average Bonchev–Trinajstić information content (AvgIpc) is 2.59. The van der Waals surface area contributed by atoms with Crippen LogP contribution in [0.4, 0.5) is 0 Å². The van der Waals surface area contributed by atoms with Crippen LogP contribution in [0, 0.1) is 5.92 Å². The molecule has 0 aromatic heterocycles. The summed E-state index contributed by atoms with van der Waals surface area (Å²) in [6.45, 7) is 4.10. The smallest absolute Gasteiger partial charge is 0.258 e. The summed E-state index contributed by atoms with van der Waals surface area (Å²) in [5.74, 6) is 0.671. The van der Waals surface area contributed by atoms with Crippen molar-refractivity contribution in [3.63, 3.8) is 0 Å². The molecule has 0 heterocycles. The van der Waals surface area contributed by atoms with E-state index in [2.05, 4.69) is 19.2 Å². The maximum Gasteiger partial charge on any atom is 0.258 e. The van der Waals surface area contributed by atoms with Crippen LogP contribution in [-0.4, -0.2) is 27.2 Å². The van der Waals surface area contributed by atoms with Gasteiger partial charge in [0.1, 0.15) is 5.75 Å². The molecule has 0 bridgehead atoms. The van der Waals surface area contributed by atoms with Crippen LogP contribution in [0.1, 0.15) is 31.9 Å². The SMILES string of the molecule is CC(C)CC(NC(=O)COc1ccc(S(C)(=O)=O)cc1)c1ccccc1. The van der Waals surface area contributed by atoms with E-state index in [0.29, 0.717) is 11.7 Å². The molecule has 0 radical (unpaired) electrons. The normalized spacial score (nSPS) is 12.6. The molecular formula is C20H25NO4S. The van der Waals surface area contributed by atoms with Crippen LogP contribution in [0.15, 0.2) is 59.5 Å². The van der Waals surface area contributed by atoms with E-state index in [1.54, 1.807) is 12.1 Å². The summed E-state index contributed by atoms with van der Waals surface area (Å²) in [7, 11) is -3.24. The van der Waals surface area contributed by atoms with Crippen LogP contribution >= 0.6 is 0 Å². The fourth-order valence-electron chi connectivity index (χ4n) is 2.60. The Morgan fingerprint density at radius 1 is 1.04 bits per heavy atom. The second-order valence-corrected chi connectivity index (χ2v) is 8.71. The summed E-state index contributed by atoms with van der Waals surface area (Å²) in [6, 6.07) is 15.8. The third-order valence-corrected chi connectivity index (χ3v) is 4.99. The molecule has 2 aromatic carbocycles. The minimum absolute atomic E-state index is 0.0695. The lowest BCUT2D eigenvalue weighted by molar-refractivity contribution is -0.124. The van der Waals surface area contributed by atoms with Crippen molar-refractivity contribution in [1.82, 2.24) is 5.32 Å². The quantitative estimate of drug-likeness (QED) is 0.768. The molecule has 2 aromatic rings. The topological polar surface area (TPSA) is 72.5 Å². The van der Waals surface area contributed by atoms with E-state index < -0.39 is 9.84 Å². The lowest BCUT2D eigenvalue weighted by atomic mass is 9.97. The third-order valence-electron chi connectivity index (χ3n) is 3.87. The number of sulfone groups is 1. The van der Waals surface area contributed by atoms with Gasteiger partial charge in [0, 0.05) is 6.26 Å². The van der Waals surface area contributed by atoms with Gasteiger partial charge in [-0.05, 0) is 42.2 Å². The Morgan fingerprint density at radius 3 is 2.19 bits per heavy atom. The Hall–Kier alpha value is -2.34. The van der Waals surface area contributed by atoms with Gasteiger partial charge < -0.3 is 10.1 Å². The molecule has 1 unspecified atom stereocenters. The van der Waals surface area contributed by atoms with Gasteiger partial charge in [0.25, 0.3) is 5.91 Å². The molecule has 140 valence electrons. The number of amides is 1. The highest BCUT2D eigenvalue weighted by Crippen LogP contribution is 2.21. The zero-order valence-electron chi connectivity index (χ0n) is 15.3. The molecule has 0 aliphatic rings. The first kappa shape index (κ1) is 20.0. The van der Waals surface area contributed by atoms with E-state index >= 15 is 0 Å². The number of nitrogens with one attached hydrogen (secondary N) is 1. The number of carbonyl (C=O) groups is 1. The minimum atomic E-state index is -3.24. The lowest BCUT2D eigenvalue weighted by Crippen LogP contribution is -2.33. The standard InChI is InChI=1S/C20H25NO4S/c1-15(2)13-19(16-7-5-4-6-8-16)21-20(22)14-25-17-9-11-18(12-10-17)26(3,23)24/h4-12,15,19H,13-14H2,1-3H3,(H,21,22). The lowest BCUT2D eigenvalue weighted by Gasteiger charge is -2.21. The molecule has 26 heavy (non-hydrogen) atoms. The van der Waals surface area contributed by atoms with Gasteiger partial charge in [-0.1, -0.05) is 44.2 Å². The van der Waals surface area contributed by atoms with Crippen molar-refractivity contribution in [2.24, 2.45) is 5.92 Å². The summed E-state index contributed by atoms with van der Waals surface area (Å²) < 4.78 is 28.4. The van der Waals surface area contributed by atoms with E-state index in [-0.39, 0.29) is 23.5 Å². The van der Waals surface area contributed by atoms with Crippen LogP contribution in [0.3, 0.4) is 0 Å². The van der Waals surface area contributed by atoms with Gasteiger partial charge in [0.05, 0.1) is 10.9 Å². The Morgan fingerprint density at radius 2 is 1.65 bits per heavy atom. The van der Waals surface area contributed by atoms with Crippen LogP contribution < -0.4 is 10.1 Å². The van der Waals surface area contributed by atoms with Crippen molar-refractivity contribution in [3.8, 4) is 5.75 Å². The molecule has 1 atom stereocenters. The van der Waals surface area contributed by atoms with E-state index in [9.17, 15) is 13.2 Å². The van der Waals surface area contributed by atoms with Gasteiger partial charge in [-0.25, -0.2) is 8.42 Å². The third kappa shape index (κ3) is 6.19. The molecule has 0 saturated heterocycles. The molecule has 0 fully saturated rings. The van der Waals surface area contributed by atoms with Crippen LogP contribution in [0.2, 0.25) is 0 Å². The monoisotopic (exact) mass is 375 g/mol. The fourth-order valence-corrected chi connectivity index (χ4v) is 3.23. The summed E-state index contributed by atoms with van der Waals surface area (Å²) in [5.41, 5.74) is 1.06. The highest BCUT2D eigenvalue weighted by Gasteiger charge is 2.16. The number of rotatable bonds is 8. The Balaban J connectivity index is 1.95. The first-order valence-corrected chi connectivity index (χ1v) is 10.4. The molecule has 2 rings (SSSR count). The molecule has 1 amide bonds. The molecular weight excluding hydrogens is 350 g/mol. The average molecular weight is 375 g/mol. The second kappa shape index (κ2) is 8.85. The molecule has 0 spiro atoms. The van der Waals surface area contributed by atoms with E-state index in [1.807, 2.05) is 30.3 Å². The molecule has 0 aliphatic carbocycles. The molecule has 1 N–H and O–H groups in total. The van der Waals surface area contributed by atoms with Crippen LogP contribution in [0.25, 0.3) is 0 Å². The molecule has 5 nitrogen and oxygen atoms in total. The largest absolute Gasteiger partial charge is 0.484 e. The van der Waals surface area contributed by atoms with E-state index in [0.717, 1.165) is 18.2 Å². The van der Waals surface area contributed by atoms with E-state index in [1.165, 1.54) is 12.1 Å². The van der Waals surface area contributed by atoms with Crippen molar-refractivity contribution >= 4 is 15.7 Å². The number of hydrogen-bond donors (Lipinski definition) is 1. The Labute approximate surface area is 155 Å². The van der Waals surface area contributed by atoms with Gasteiger partial charge in [0.2, 0.25) is 0 Å². The van der Waals surface area contributed by atoms with Crippen molar-refractivity contribution in [1.29, 1.82) is 0 Å². The zero-order valence-corrected chi connectivity index (χ0v) is 16.1. The highest BCUT2D eigenvalue weighted by atomic mass is 32.2. The van der Waals surface area contributed by atoms with Crippen LogP contribution in [0.5, 0.6) is 5.75 Å². The number of ether oxygens (including phenoxy) is 1. The number of carbonyl (C=O) groups excluding carboxylic acids is 1. The molecule has 6 heteroatoms. The number of benzene rings is 2. The zero-order chi connectivity index (χ0) is 19.2. The fraction of sp³-hybridized carbons (Fsp3) is 0.350. The van der Waals surface area contributed by atoms with Gasteiger partial charge in [-0.2, -0.15) is 0 Å². The highest BCUT2D eigenvalue weighted by molar-refractivity contribution is 7.90. The summed E-state index contributed by atoms with van der Waals surface area (Å²) in [6.07, 6.45) is 1.98. The molecule has 0 saturated carbocycles.